The molecule has 0 fully saturated rings. The van der Waals surface area contributed by atoms with Gasteiger partial charge in [0.25, 0.3) is 0 Å². The largest absolute Gasteiger partial charge is 0.264 e. The van der Waals surface area contributed by atoms with E-state index in [9.17, 15) is 0 Å². The van der Waals surface area contributed by atoms with Crippen molar-refractivity contribution in [1.82, 2.24) is 24.8 Å². The average Bonchev–Trinajstić information content (AvgIpc) is 2.62. The van der Waals surface area contributed by atoms with Gasteiger partial charge >= 0.3 is 0 Å². The van der Waals surface area contributed by atoms with Crippen molar-refractivity contribution in [2.45, 2.75) is 6.54 Å². The molecular formula is C7H7BrIN5. The predicted octanol–water partition coefficient (Wildman–Crippen LogP) is 1.43. The quantitative estimate of drug-likeness (QED) is 0.754. The minimum absolute atomic E-state index is 0.648. The van der Waals surface area contributed by atoms with Crippen LogP contribution in [-0.2, 0) is 13.6 Å². The van der Waals surface area contributed by atoms with Crippen LogP contribution in [0.25, 0.3) is 0 Å². The lowest BCUT2D eigenvalue weighted by molar-refractivity contribution is 0.663. The first-order valence-corrected chi connectivity index (χ1v) is 5.76. The van der Waals surface area contributed by atoms with Crippen molar-refractivity contribution in [2.24, 2.45) is 7.05 Å². The van der Waals surface area contributed by atoms with Crippen LogP contribution in [0, 0.1) is 3.70 Å². The average molecular weight is 368 g/mol. The predicted molar refractivity (Wildman–Crippen MR) is 62.7 cm³/mol. The first-order valence-electron chi connectivity index (χ1n) is 3.89. The van der Waals surface area contributed by atoms with E-state index in [2.05, 4.69) is 53.9 Å². The highest BCUT2D eigenvalue weighted by Gasteiger charge is 2.05. The molecule has 2 heterocycles. The first kappa shape index (κ1) is 10.1. The third-order valence-corrected chi connectivity index (χ3v) is 3.77. The molecule has 0 aliphatic heterocycles. The van der Waals surface area contributed by atoms with Gasteiger partial charge in [0.05, 0.1) is 11.0 Å². The SMILES string of the molecule is Cn1cc(Cn2cc(Br)c(I)n2)nn1. The minimum atomic E-state index is 0.648. The molecular weight excluding hydrogens is 361 g/mol. The molecule has 0 aromatic carbocycles. The molecule has 0 saturated carbocycles. The smallest absolute Gasteiger partial charge is 0.137 e. The summed E-state index contributed by atoms with van der Waals surface area (Å²) in [7, 11) is 1.85. The second-order valence-electron chi connectivity index (χ2n) is 2.85. The van der Waals surface area contributed by atoms with Crippen LogP contribution >= 0.6 is 38.5 Å². The number of hydrogen-bond donors (Lipinski definition) is 0. The first-order chi connectivity index (χ1) is 6.65. The monoisotopic (exact) mass is 367 g/mol. The van der Waals surface area contributed by atoms with Crippen LogP contribution in [-0.4, -0.2) is 24.8 Å². The van der Waals surface area contributed by atoms with E-state index in [1.165, 1.54) is 0 Å². The Hall–Kier alpha value is -0.440. The summed E-state index contributed by atoms with van der Waals surface area (Å²) in [6.07, 6.45) is 3.80. The fraction of sp³-hybridized carbons (Fsp3) is 0.286. The lowest BCUT2D eigenvalue weighted by atomic mass is 10.5. The van der Waals surface area contributed by atoms with Crippen molar-refractivity contribution in [1.29, 1.82) is 0 Å². The second kappa shape index (κ2) is 3.97. The Balaban J connectivity index is 2.18. The summed E-state index contributed by atoms with van der Waals surface area (Å²) >= 11 is 5.58. The number of aryl methyl sites for hydroxylation is 1. The summed E-state index contributed by atoms with van der Waals surface area (Å²) in [4.78, 5) is 0. The van der Waals surface area contributed by atoms with Gasteiger partial charge in [-0.05, 0) is 38.5 Å². The summed E-state index contributed by atoms with van der Waals surface area (Å²) in [5.74, 6) is 0. The maximum Gasteiger partial charge on any atom is 0.137 e. The molecule has 0 amide bonds. The Morgan fingerprint density at radius 1 is 1.50 bits per heavy atom. The fourth-order valence-electron chi connectivity index (χ4n) is 1.09. The molecule has 0 bridgehead atoms. The summed E-state index contributed by atoms with van der Waals surface area (Å²) in [6, 6.07) is 0. The molecule has 5 nitrogen and oxygen atoms in total. The molecule has 0 N–H and O–H groups in total. The normalized spacial score (nSPS) is 10.8. The summed E-state index contributed by atoms with van der Waals surface area (Å²) in [5.41, 5.74) is 0.902. The molecule has 7 heteroatoms. The second-order valence-corrected chi connectivity index (χ2v) is 4.73. The van der Waals surface area contributed by atoms with Gasteiger partial charge in [0.1, 0.15) is 9.39 Å². The van der Waals surface area contributed by atoms with E-state index in [0.29, 0.717) is 6.54 Å². The lowest BCUT2D eigenvalue weighted by Crippen LogP contribution is -2.00. The van der Waals surface area contributed by atoms with Crippen molar-refractivity contribution >= 4 is 38.5 Å². The van der Waals surface area contributed by atoms with E-state index in [1.54, 1.807) is 4.68 Å². The Bertz CT molecular complexity index is 429. The number of nitrogens with zero attached hydrogens (tertiary/aromatic N) is 5. The van der Waals surface area contributed by atoms with E-state index >= 15 is 0 Å². The zero-order chi connectivity index (χ0) is 10.1. The van der Waals surface area contributed by atoms with Gasteiger partial charge in [0.15, 0.2) is 0 Å². The minimum Gasteiger partial charge on any atom is -0.264 e. The number of rotatable bonds is 2. The number of halogens is 2. The van der Waals surface area contributed by atoms with Gasteiger partial charge in [-0.3, -0.25) is 9.36 Å². The molecule has 0 atom stereocenters. The molecule has 2 aromatic rings. The molecule has 0 radical (unpaired) electrons. The van der Waals surface area contributed by atoms with Gasteiger partial charge in [-0.2, -0.15) is 5.10 Å². The summed E-state index contributed by atoms with van der Waals surface area (Å²) < 4.78 is 5.46. The molecule has 0 saturated heterocycles. The van der Waals surface area contributed by atoms with Crippen LogP contribution in [0.4, 0.5) is 0 Å². The van der Waals surface area contributed by atoms with Gasteiger partial charge in [0, 0.05) is 19.4 Å². The van der Waals surface area contributed by atoms with Crippen molar-refractivity contribution in [3.8, 4) is 0 Å². The Labute approximate surface area is 103 Å². The molecule has 14 heavy (non-hydrogen) atoms. The molecule has 0 unspecified atom stereocenters. The molecule has 2 rings (SSSR count). The van der Waals surface area contributed by atoms with Crippen LogP contribution in [0.1, 0.15) is 5.69 Å². The molecule has 74 valence electrons. The highest BCUT2D eigenvalue weighted by atomic mass is 127. The zero-order valence-electron chi connectivity index (χ0n) is 7.35. The standard InChI is InChI=1S/C7H7BrIN5/c1-13-2-5(10-12-13)3-14-4-6(8)7(9)11-14/h2,4H,3H2,1H3. The highest BCUT2D eigenvalue weighted by Crippen LogP contribution is 2.16. The van der Waals surface area contributed by atoms with Gasteiger partial charge in [-0.1, -0.05) is 5.21 Å². The highest BCUT2D eigenvalue weighted by molar-refractivity contribution is 14.1. The van der Waals surface area contributed by atoms with E-state index < -0.39 is 0 Å². The van der Waals surface area contributed by atoms with Crippen LogP contribution in [0.2, 0.25) is 0 Å². The van der Waals surface area contributed by atoms with Crippen molar-refractivity contribution in [3.63, 3.8) is 0 Å². The Kier molecular flexibility index (Phi) is 2.86. The van der Waals surface area contributed by atoms with Gasteiger partial charge < -0.3 is 0 Å². The lowest BCUT2D eigenvalue weighted by Gasteiger charge is -1.94. The summed E-state index contributed by atoms with van der Waals surface area (Å²) in [6.45, 7) is 0.648. The number of aromatic nitrogens is 5. The fourth-order valence-corrected chi connectivity index (χ4v) is 1.82. The van der Waals surface area contributed by atoms with E-state index in [1.807, 2.05) is 24.1 Å². The van der Waals surface area contributed by atoms with Crippen LogP contribution in [0.5, 0.6) is 0 Å². The maximum absolute atomic E-state index is 4.29. The van der Waals surface area contributed by atoms with Crippen LogP contribution < -0.4 is 0 Å². The third kappa shape index (κ3) is 2.14. The van der Waals surface area contributed by atoms with Crippen molar-refractivity contribution in [3.05, 3.63) is 26.3 Å². The Morgan fingerprint density at radius 2 is 2.29 bits per heavy atom. The van der Waals surface area contributed by atoms with Crippen molar-refractivity contribution in [2.75, 3.05) is 0 Å². The third-order valence-electron chi connectivity index (χ3n) is 1.65. The van der Waals surface area contributed by atoms with Crippen LogP contribution in [0.3, 0.4) is 0 Å². The summed E-state index contributed by atoms with van der Waals surface area (Å²) in [5, 5.41) is 12.1. The van der Waals surface area contributed by atoms with Gasteiger partial charge in [-0.15, -0.1) is 5.10 Å². The van der Waals surface area contributed by atoms with Gasteiger partial charge in [0.2, 0.25) is 0 Å². The van der Waals surface area contributed by atoms with Crippen LogP contribution in [0.15, 0.2) is 16.9 Å². The molecule has 2 aromatic heterocycles. The topological polar surface area (TPSA) is 48.5 Å². The van der Waals surface area contributed by atoms with E-state index in [4.69, 9.17) is 0 Å². The maximum atomic E-state index is 4.29. The van der Waals surface area contributed by atoms with E-state index in [-0.39, 0.29) is 0 Å². The molecule has 0 aliphatic rings. The molecule has 0 spiro atoms. The van der Waals surface area contributed by atoms with Crippen molar-refractivity contribution < 1.29 is 0 Å². The molecule has 0 aliphatic carbocycles. The number of hydrogen-bond acceptors (Lipinski definition) is 3. The van der Waals surface area contributed by atoms with Gasteiger partial charge in [-0.25, -0.2) is 0 Å². The van der Waals surface area contributed by atoms with E-state index in [0.717, 1.165) is 13.9 Å². The Morgan fingerprint density at radius 3 is 2.79 bits per heavy atom. The zero-order valence-corrected chi connectivity index (χ0v) is 11.1.